The maximum atomic E-state index is 12.9. The highest BCUT2D eigenvalue weighted by molar-refractivity contribution is 7.18. The van der Waals surface area contributed by atoms with Crippen LogP contribution in [0.15, 0.2) is 18.2 Å². The molecule has 0 atom stereocenters. The van der Waals surface area contributed by atoms with E-state index in [0.717, 1.165) is 28.3 Å². The zero-order valence-electron chi connectivity index (χ0n) is 7.88. The number of rotatable bonds is 3. The molecule has 0 aliphatic rings. The molecule has 0 radical (unpaired) electrons. The fourth-order valence-corrected chi connectivity index (χ4v) is 2.22. The van der Waals surface area contributed by atoms with Crippen molar-refractivity contribution in [1.29, 1.82) is 0 Å². The lowest BCUT2D eigenvalue weighted by atomic mass is 10.3. The lowest BCUT2D eigenvalue weighted by Gasteiger charge is -1.93. The minimum absolute atomic E-state index is 0.198. The van der Waals surface area contributed by atoms with Gasteiger partial charge in [0.25, 0.3) is 0 Å². The normalized spacial score (nSPS) is 11.0. The standard InChI is InChI=1S/C10H11FN2S/c1-2-12-6-10-13-8-4-3-7(11)5-9(8)14-10/h3-5,12H,2,6H2,1H3. The lowest BCUT2D eigenvalue weighted by Crippen LogP contribution is -2.11. The van der Waals surface area contributed by atoms with E-state index in [0.29, 0.717) is 0 Å². The summed E-state index contributed by atoms with van der Waals surface area (Å²) in [5.74, 6) is -0.198. The predicted octanol–water partition coefficient (Wildman–Crippen LogP) is 2.54. The van der Waals surface area contributed by atoms with Gasteiger partial charge in [-0.1, -0.05) is 6.92 Å². The second-order valence-corrected chi connectivity index (χ2v) is 4.12. The summed E-state index contributed by atoms with van der Waals surface area (Å²) in [6.07, 6.45) is 0. The van der Waals surface area contributed by atoms with Gasteiger partial charge in [-0.2, -0.15) is 0 Å². The maximum Gasteiger partial charge on any atom is 0.124 e. The SMILES string of the molecule is CCNCc1nc2ccc(F)cc2s1. The van der Waals surface area contributed by atoms with Gasteiger partial charge in [-0.05, 0) is 24.7 Å². The summed E-state index contributed by atoms with van der Waals surface area (Å²) in [5, 5.41) is 4.20. The Morgan fingerprint density at radius 2 is 2.36 bits per heavy atom. The van der Waals surface area contributed by atoms with Crippen molar-refractivity contribution < 1.29 is 4.39 Å². The Morgan fingerprint density at radius 3 is 3.14 bits per heavy atom. The van der Waals surface area contributed by atoms with E-state index in [1.807, 2.05) is 6.92 Å². The molecule has 0 amide bonds. The quantitative estimate of drug-likeness (QED) is 0.842. The smallest absolute Gasteiger partial charge is 0.124 e. The van der Waals surface area contributed by atoms with Crippen LogP contribution in [-0.2, 0) is 6.54 Å². The van der Waals surface area contributed by atoms with Crippen LogP contribution in [0.4, 0.5) is 4.39 Å². The van der Waals surface area contributed by atoms with E-state index in [-0.39, 0.29) is 5.82 Å². The van der Waals surface area contributed by atoms with Gasteiger partial charge in [0.2, 0.25) is 0 Å². The topological polar surface area (TPSA) is 24.9 Å². The van der Waals surface area contributed by atoms with E-state index >= 15 is 0 Å². The summed E-state index contributed by atoms with van der Waals surface area (Å²) < 4.78 is 13.8. The third kappa shape index (κ3) is 1.91. The molecule has 2 rings (SSSR count). The highest BCUT2D eigenvalue weighted by Gasteiger charge is 2.03. The first kappa shape index (κ1) is 9.55. The first-order valence-corrected chi connectivity index (χ1v) is 5.37. The van der Waals surface area contributed by atoms with Crippen molar-refractivity contribution in [2.75, 3.05) is 6.54 Å². The van der Waals surface area contributed by atoms with E-state index < -0.39 is 0 Å². The highest BCUT2D eigenvalue weighted by Crippen LogP contribution is 2.22. The molecule has 0 spiro atoms. The van der Waals surface area contributed by atoms with E-state index in [4.69, 9.17) is 0 Å². The van der Waals surface area contributed by atoms with Crippen LogP contribution in [0.3, 0.4) is 0 Å². The van der Waals surface area contributed by atoms with Gasteiger partial charge in [-0.3, -0.25) is 0 Å². The van der Waals surface area contributed by atoms with Gasteiger partial charge in [0.15, 0.2) is 0 Å². The molecule has 2 nitrogen and oxygen atoms in total. The van der Waals surface area contributed by atoms with Gasteiger partial charge in [0.1, 0.15) is 10.8 Å². The highest BCUT2D eigenvalue weighted by atomic mass is 32.1. The van der Waals surface area contributed by atoms with E-state index in [9.17, 15) is 4.39 Å². The Kier molecular flexibility index (Phi) is 2.74. The van der Waals surface area contributed by atoms with Crippen molar-refractivity contribution in [2.45, 2.75) is 13.5 Å². The second-order valence-electron chi connectivity index (χ2n) is 3.00. The first-order chi connectivity index (χ1) is 6.79. The molecule has 0 saturated carbocycles. The van der Waals surface area contributed by atoms with Crippen molar-refractivity contribution >= 4 is 21.6 Å². The number of thiazole rings is 1. The van der Waals surface area contributed by atoms with Crippen molar-refractivity contribution in [3.63, 3.8) is 0 Å². The van der Waals surface area contributed by atoms with Crippen LogP contribution in [0.25, 0.3) is 10.2 Å². The largest absolute Gasteiger partial charge is 0.311 e. The summed E-state index contributed by atoms with van der Waals surface area (Å²) in [6.45, 7) is 3.73. The average molecular weight is 210 g/mol. The van der Waals surface area contributed by atoms with Gasteiger partial charge >= 0.3 is 0 Å². The minimum atomic E-state index is -0.198. The van der Waals surface area contributed by atoms with E-state index in [1.54, 1.807) is 6.07 Å². The van der Waals surface area contributed by atoms with Crippen LogP contribution in [-0.4, -0.2) is 11.5 Å². The van der Waals surface area contributed by atoms with Gasteiger partial charge < -0.3 is 5.32 Å². The van der Waals surface area contributed by atoms with Crippen LogP contribution in [0.1, 0.15) is 11.9 Å². The minimum Gasteiger partial charge on any atom is -0.311 e. The van der Waals surface area contributed by atoms with Gasteiger partial charge in [0.05, 0.1) is 10.2 Å². The molecule has 0 bridgehead atoms. The summed E-state index contributed by atoms with van der Waals surface area (Å²) in [5.41, 5.74) is 0.879. The van der Waals surface area contributed by atoms with Crippen molar-refractivity contribution in [3.05, 3.63) is 29.0 Å². The molecule has 0 fully saturated rings. The monoisotopic (exact) mass is 210 g/mol. The molecule has 4 heteroatoms. The number of benzene rings is 1. The molecular weight excluding hydrogens is 199 g/mol. The Morgan fingerprint density at radius 1 is 1.50 bits per heavy atom. The number of halogens is 1. The molecule has 0 aliphatic carbocycles. The predicted molar refractivity (Wildman–Crippen MR) is 57.0 cm³/mol. The van der Waals surface area contributed by atoms with E-state index in [2.05, 4.69) is 10.3 Å². The van der Waals surface area contributed by atoms with Crippen LogP contribution < -0.4 is 5.32 Å². The number of nitrogens with one attached hydrogen (secondary N) is 1. The average Bonchev–Trinajstić information content (AvgIpc) is 2.56. The molecule has 0 unspecified atom stereocenters. The van der Waals surface area contributed by atoms with Crippen molar-refractivity contribution in [3.8, 4) is 0 Å². The summed E-state index contributed by atoms with van der Waals surface area (Å²) >= 11 is 1.54. The zero-order chi connectivity index (χ0) is 9.97. The number of aromatic nitrogens is 1. The third-order valence-electron chi connectivity index (χ3n) is 1.92. The fourth-order valence-electron chi connectivity index (χ4n) is 1.25. The first-order valence-electron chi connectivity index (χ1n) is 4.55. The molecule has 14 heavy (non-hydrogen) atoms. The third-order valence-corrected chi connectivity index (χ3v) is 2.94. The molecule has 2 aromatic rings. The van der Waals surface area contributed by atoms with Crippen molar-refractivity contribution in [1.82, 2.24) is 10.3 Å². The second kappa shape index (κ2) is 4.02. The van der Waals surface area contributed by atoms with Crippen molar-refractivity contribution in [2.24, 2.45) is 0 Å². The Hall–Kier alpha value is -1.000. The van der Waals surface area contributed by atoms with Crippen LogP contribution in [0, 0.1) is 5.82 Å². The molecule has 1 N–H and O–H groups in total. The zero-order valence-corrected chi connectivity index (χ0v) is 8.70. The van der Waals surface area contributed by atoms with Gasteiger partial charge in [-0.25, -0.2) is 9.37 Å². The molecule has 1 aromatic carbocycles. The summed E-state index contributed by atoms with van der Waals surface area (Å²) in [4.78, 5) is 4.38. The number of fused-ring (bicyclic) bond motifs is 1. The van der Waals surface area contributed by atoms with Gasteiger partial charge in [0, 0.05) is 6.54 Å². The Labute approximate surface area is 85.8 Å². The summed E-state index contributed by atoms with van der Waals surface area (Å²) in [6, 6.07) is 4.69. The number of hydrogen-bond donors (Lipinski definition) is 1. The fraction of sp³-hybridized carbons (Fsp3) is 0.300. The van der Waals surface area contributed by atoms with Crippen LogP contribution in [0.5, 0.6) is 0 Å². The number of hydrogen-bond acceptors (Lipinski definition) is 3. The Balaban J connectivity index is 2.32. The van der Waals surface area contributed by atoms with E-state index in [1.165, 1.54) is 23.5 Å². The molecule has 0 saturated heterocycles. The number of nitrogens with zero attached hydrogens (tertiary/aromatic N) is 1. The van der Waals surface area contributed by atoms with Crippen LogP contribution in [0.2, 0.25) is 0 Å². The Bertz CT molecular complexity index is 439. The molecule has 1 heterocycles. The van der Waals surface area contributed by atoms with Gasteiger partial charge in [-0.15, -0.1) is 11.3 Å². The molecule has 74 valence electrons. The summed E-state index contributed by atoms with van der Waals surface area (Å²) in [7, 11) is 0. The molecule has 1 aromatic heterocycles. The maximum absolute atomic E-state index is 12.9. The molecule has 0 aliphatic heterocycles. The lowest BCUT2D eigenvalue weighted by molar-refractivity contribution is 0.630. The molecular formula is C10H11FN2S. The van der Waals surface area contributed by atoms with Crippen LogP contribution >= 0.6 is 11.3 Å².